The largest absolute Gasteiger partial charge is 0.495 e. The molecule has 1 fully saturated rings. The van der Waals surface area contributed by atoms with Gasteiger partial charge >= 0.3 is 0 Å². The van der Waals surface area contributed by atoms with Crippen LogP contribution in [-0.2, 0) is 21.2 Å². The van der Waals surface area contributed by atoms with Crippen molar-refractivity contribution in [2.24, 2.45) is 0 Å². The van der Waals surface area contributed by atoms with Crippen LogP contribution in [-0.4, -0.2) is 38.3 Å². The van der Waals surface area contributed by atoms with E-state index >= 15 is 0 Å². The predicted molar refractivity (Wildman–Crippen MR) is 129 cm³/mol. The molecule has 2 aliphatic carbocycles. The first-order valence-corrected chi connectivity index (χ1v) is 13.4. The molecule has 4 rings (SSSR count). The van der Waals surface area contributed by atoms with Crippen LogP contribution in [0.4, 0.5) is 0 Å². The van der Waals surface area contributed by atoms with E-state index < -0.39 is 10.0 Å². The Balaban J connectivity index is 1.57. The third kappa shape index (κ3) is 5.36. The second-order valence-corrected chi connectivity index (χ2v) is 11.1. The molecule has 6 nitrogen and oxygen atoms in total. The van der Waals surface area contributed by atoms with Crippen molar-refractivity contribution in [2.75, 3.05) is 13.7 Å². The van der Waals surface area contributed by atoms with Crippen molar-refractivity contribution in [1.29, 1.82) is 0 Å². The molecule has 2 aliphatic rings. The molecule has 0 aromatic heterocycles. The highest BCUT2D eigenvalue weighted by Gasteiger charge is 2.35. The summed E-state index contributed by atoms with van der Waals surface area (Å²) in [5.41, 5.74) is 2.38. The van der Waals surface area contributed by atoms with Gasteiger partial charge in [0.25, 0.3) is 0 Å². The van der Waals surface area contributed by atoms with Crippen LogP contribution in [0.3, 0.4) is 0 Å². The minimum Gasteiger partial charge on any atom is -0.495 e. The van der Waals surface area contributed by atoms with E-state index in [0.717, 1.165) is 56.9 Å². The maximum absolute atomic E-state index is 13.7. The number of sulfonamides is 1. The summed E-state index contributed by atoms with van der Waals surface area (Å²) < 4.78 is 33.9. The van der Waals surface area contributed by atoms with E-state index in [0.29, 0.717) is 5.75 Å². The van der Waals surface area contributed by atoms with Crippen LogP contribution in [0.1, 0.15) is 62.1 Å². The molecule has 0 aliphatic heterocycles. The van der Waals surface area contributed by atoms with E-state index in [1.165, 1.54) is 29.1 Å². The van der Waals surface area contributed by atoms with E-state index in [1.54, 1.807) is 6.07 Å². The minimum absolute atomic E-state index is 0.0784. The average molecular weight is 491 g/mol. The molecular weight excluding hydrogens is 460 g/mol. The number of fused-ring (bicyclic) bond motifs is 1. The van der Waals surface area contributed by atoms with E-state index in [2.05, 4.69) is 17.4 Å². The van der Waals surface area contributed by atoms with Gasteiger partial charge in [0.2, 0.25) is 15.9 Å². The van der Waals surface area contributed by atoms with Crippen LogP contribution >= 0.6 is 11.6 Å². The SMILES string of the molecule is COc1ccc(S(=O)(=O)N(CC(=O)NC2CCCc3ccccc32)C2CCCCC2)cc1Cl. The number of rotatable bonds is 7. The standard InChI is InChI=1S/C25H31ClN2O4S/c1-32-24-15-14-20(16-22(24)26)33(30,31)28(19-10-3-2-4-11-19)17-25(29)27-23-13-7-9-18-8-5-6-12-21(18)23/h5-6,8,12,14-16,19,23H,2-4,7,9-11,13,17H2,1H3,(H,27,29). The Labute approximate surface area is 201 Å². The quantitative estimate of drug-likeness (QED) is 0.601. The molecule has 1 unspecified atom stereocenters. The number of carbonyl (C=O) groups excluding carboxylic acids is 1. The lowest BCUT2D eigenvalue weighted by Gasteiger charge is -2.34. The first-order valence-electron chi connectivity index (χ1n) is 11.6. The van der Waals surface area contributed by atoms with Crippen molar-refractivity contribution >= 4 is 27.5 Å². The fourth-order valence-corrected chi connectivity index (χ4v) is 7.00. The summed E-state index contributed by atoms with van der Waals surface area (Å²) in [5, 5.41) is 3.33. The molecular formula is C25H31ClN2O4S. The number of hydrogen-bond donors (Lipinski definition) is 1. The summed E-state index contributed by atoms with van der Waals surface area (Å²) in [6, 6.07) is 12.3. The van der Waals surface area contributed by atoms with Gasteiger partial charge in [-0.15, -0.1) is 0 Å². The molecule has 0 spiro atoms. The maximum atomic E-state index is 13.7. The molecule has 1 amide bonds. The first-order chi connectivity index (χ1) is 15.9. The van der Waals surface area contributed by atoms with Crippen LogP contribution in [0.2, 0.25) is 5.02 Å². The molecule has 2 aromatic carbocycles. The van der Waals surface area contributed by atoms with Crippen molar-refractivity contribution in [3.63, 3.8) is 0 Å². The average Bonchev–Trinajstić information content (AvgIpc) is 2.83. The van der Waals surface area contributed by atoms with Crippen LogP contribution < -0.4 is 10.1 Å². The number of nitrogens with zero attached hydrogens (tertiary/aromatic N) is 1. The van der Waals surface area contributed by atoms with Crippen molar-refractivity contribution in [3.8, 4) is 5.75 Å². The van der Waals surface area contributed by atoms with E-state index in [4.69, 9.17) is 16.3 Å². The molecule has 1 N–H and O–H groups in total. The monoisotopic (exact) mass is 490 g/mol. The van der Waals surface area contributed by atoms with Gasteiger partial charge < -0.3 is 10.1 Å². The Morgan fingerprint density at radius 2 is 1.85 bits per heavy atom. The summed E-state index contributed by atoms with van der Waals surface area (Å²) in [7, 11) is -2.43. The van der Waals surface area contributed by atoms with Gasteiger partial charge in [0, 0.05) is 6.04 Å². The number of nitrogens with one attached hydrogen (secondary N) is 1. The second-order valence-electron chi connectivity index (χ2n) is 8.85. The number of halogens is 1. The number of ether oxygens (including phenoxy) is 1. The van der Waals surface area contributed by atoms with Crippen molar-refractivity contribution in [1.82, 2.24) is 9.62 Å². The molecule has 8 heteroatoms. The van der Waals surface area contributed by atoms with Crippen LogP contribution in [0.25, 0.3) is 0 Å². The zero-order chi connectivity index (χ0) is 23.4. The fourth-order valence-electron chi connectivity index (χ4n) is 5.01. The van der Waals surface area contributed by atoms with Gasteiger partial charge in [0.1, 0.15) is 5.75 Å². The number of methoxy groups -OCH3 is 1. The number of aryl methyl sites for hydroxylation is 1. The molecule has 1 saturated carbocycles. The van der Waals surface area contributed by atoms with E-state index in [9.17, 15) is 13.2 Å². The fraction of sp³-hybridized carbons (Fsp3) is 0.480. The van der Waals surface area contributed by atoms with Crippen molar-refractivity contribution in [3.05, 3.63) is 58.6 Å². The summed E-state index contributed by atoms with van der Waals surface area (Å²) in [6.45, 7) is -0.199. The van der Waals surface area contributed by atoms with E-state index in [-0.39, 0.29) is 34.5 Å². The number of carbonyl (C=O) groups is 1. The Bertz CT molecular complexity index is 1100. The lowest BCUT2D eigenvalue weighted by Crippen LogP contribution is -2.47. The van der Waals surface area contributed by atoms with Gasteiger partial charge in [-0.05, 0) is 61.4 Å². The molecule has 0 bridgehead atoms. The molecule has 1 atom stereocenters. The third-order valence-electron chi connectivity index (χ3n) is 6.72. The topological polar surface area (TPSA) is 75.7 Å². The predicted octanol–water partition coefficient (Wildman–Crippen LogP) is 4.87. The zero-order valence-electron chi connectivity index (χ0n) is 18.9. The van der Waals surface area contributed by atoms with Crippen LogP contribution in [0, 0.1) is 0 Å². The van der Waals surface area contributed by atoms with Crippen LogP contribution in [0.5, 0.6) is 5.75 Å². The first kappa shape index (κ1) is 24.0. The van der Waals surface area contributed by atoms with Gasteiger partial charge in [0.05, 0.1) is 29.6 Å². The lowest BCUT2D eigenvalue weighted by atomic mass is 9.88. The van der Waals surface area contributed by atoms with Crippen molar-refractivity contribution in [2.45, 2.75) is 68.3 Å². The highest BCUT2D eigenvalue weighted by atomic mass is 35.5. The second kappa shape index (κ2) is 10.5. The smallest absolute Gasteiger partial charge is 0.243 e. The maximum Gasteiger partial charge on any atom is 0.243 e. The Morgan fingerprint density at radius 1 is 1.09 bits per heavy atom. The van der Waals surface area contributed by atoms with Crippen molar-refractivity contribution < 1.29 is 17.9 Å². The summed E-state index contributed by atoms with van der Waals surface area (Å²) in [6.07, 6.45) is 7.36. The third-order valence-corrected chi connectivity index (χ3v) is 8.91. The van der Waals surface area contributed by atoms with E-state index in [1.807, 2.05) is 12.1 Å². The summed E-state index contributed by atoms with van der Waals surface area (Å²) in [5.74, 6) is 0.138. The molecule has 33 heavy (non-hydrogen) atoms. The number of hydrogen-bond acceptors (Lipinski definition) is 4. The summed E-state index contributed by atoms with van der Waals surface area (Å²) in [4.78, 5) is 13.2. The number of benzene rings is 2. The highest BCUT2D eigenvalue weighted by molar-refractivity contribution is 7.89. The Morgan fingerprint density at radius 3 is 2.58 bits per heavy atom. The van der Waals surface area contributed by atoms with Gasteiger partial charge in [0.15, 0.2) is 0 Å². The molecule has 0 radical (unpaired) electrons. The van der Waals surface area contributed by atoms with Gasteiger partial charge in [-0.1, -0.05) is 55.1 Å². The Kier molecular flexibility index (Phi) is 7.62. The number of amides is 1. The van der Waals surface area contributed by atoms with Gasteiger partial charge in [-0.25, -0.2) is 8.42 Å². The normalized spacial score (nSPS) is 19.2. The summed E-state index contributed by atoms with van der Waals surface area (Å²) >= 11 is 6.22. The highest BCUT2D eigenvalue weighted by Crippen LogP contribution is 2.33. The Hall–Kier alpha value is -2.09. The van der Waals surface area contributed by atoms with Crippen LogP contribution in [0.15, 0.2) is 47.4 Å². The van der Waals surface area contributed by atoms with Gasteiger partial charge in [-0.3, -0.25) is 4.79 Å². The molecule has 2 aromatic rings. The minimum atomic E-state index is -3.91. The molecule has 0 heterocycles. The molecule has 0 saturated heterocycles. The zero-order valence-corrected chi connectivity index (χ0v) is 20.5. The lowest BCUT2D eigenvalue weighted by molar-refractivity contribution is -0.122. The molecule has 178 valence electrons. The van der Waals surface area contributed by atoms with Gasteiger partial charge in [-0.2, -0.15) is 4.31 Å².